The van der Waals surface area contributed by atoms with Crippen molar-refractivity contribution in [2.75, 3.05) is 5.32 Å². The van der Waals surface area contributed by atoms with Gasteiger partial charge in [-0.05, 0) is 38.0 Å². The normalized spacial score (nSPS) is 15.7. The van der Waals surface area contributed by atoms with Gasteiger partial charge >= 0.3 is 6.03 Å². The molecule has 5 nitrogen and oxygen atoms in total. The van der Waals surface area contributed by atoms with Crippen molar-refractivity contribution >= 4 is 22.6 Å². The Morgan fingerprint density at radius 1 is 1.40 bits per heavy atom. The van der Waals surface area contributed by atoms with E-state index >= 15 is 0 Å². The maximum absolute atomic E-state index is 12.0. The first-order chi connectivity index (χ1) is 9.76. The van der Waals surface area contributed by atoms with Crippen LogP contribution in [-0.2, 0) is 6.54 Å². The van der Waals surface area contributed by atoms with E-state index in [9.17, 15) is 4.79 Å². The molecule has 2 amide bonds. The summed E-state index contributed by atoms with van der Waals surface area (Å²) < 4.78 is 1.93. The maximum Gasteiger partial charge on any atom is 0.319 e. The summed E-state index contributed by atoms with van der Waals surface area (Å²) >= 11 is 0. The van der Waals surface area contributed by atoms with Crippen LogP contribution in [0.5, 0.6) is 0 Å². The Morgan fingerprint density at radius 2 is 2.20 bits per heavy atom. The molecule has 5 heteroatoms. The van der Waals surface area contributed by atoms with E-state index < -0.39 is 0 Å². The van der Waals surface area contributed by atoms with E-state index in [-0.39, 0.29) is 6.03 Å². The van der Waals surface area contributed by atoms with E-state index in [0.717, 1.165) is 36.0 Å². The van der Waals surface area contributed by atoms with Crippen molar-refractivity contribution in [3.05, 3.63) is 24.4 Å². The number of carbonyl (C=O) groups excluding carboxylic acids is 1. The first kappa shape index (κ1) is 13.0. The zero-order valence-corrected chi connectivity index (χ0v) is 11.7. The zero-order chi connectivity index (χ0) is 13.9. The topological polar surface area (TPSA) is 59.0 Å². The highest BCUT2D eigenvalue weighted by Gasteiger charge is 2.17. The quantitative estimate of drug-likeness (QED) is 0.902. The number of fused-ring (bicyclic) bond motifs is 1. The first-order valence-electron chi connectivity index (χ1n) is 7.29. The largest absolute Gasteiger partial charge is 0.335 e. The number of urea groups is 1. The molecule has 3 rings (SSSR count). The van der Waals surface area contributed by atoms with Crippen LogP contribution in [0.4, 0.5) is 10.5 Å². The van der Waals surface area contributed by atoms with Crippen LogP contribution >= 0.6 is 0 Å². The molecule has 0 bridgehead atoms. The number of amides is 2. The molecule has 1 heterocycles. The molecule has 1 aromatic carbocycles. The molecule has 2 N–H and O–H groups in total. The molecule has 1 aliphatic rings. The lowest BCUT2D eigenvalue weighted by Crippen LogP contribution is -2.36. The fourth-order valence-corrected chi connectivity index (χ4v) is 2.82. The number of anilines is 1. The van der Waals surface area contributed by atoms with Gasteiger partial charge in [0.25, 0.3) is 0 Å². The molecule has 0 aliphatic heterocycles. The third-order valence-corrected chi connectivity index (χ3v) is 3.89. The van der Waals surface area contributed by atoms with Gasteiger partial charge in [-0.25, -0.2) is 4.79 Å². The Bertz CT molecular complexity index is 613. The van der Waals surface area contributed by atoms with Crippen molar-refractivity contribution in [3.63, 3.8) is 0 Å². The summed E-state index contributed by atoms with van der Waals surface area (Å²) in [5.41, 5.74) is 1.86. The van der Waals surface area contributed by atoms with Gasteiger partial charge in [-0.2, -0.15) is 5.10 Å². The van der Waals surface area contributed by atoms with Crippen LogP contribution in [0.2, 0.25) is 0 Å². The highest BCUT2D eigenvalue weighted by Crippen LogP contribution is 2.20. The third kappa shape index (κ3) is 2.61. The average molecular weight is 272 g/mol. The number of rotatable bonds is 3. The number of aryl methyl sites for hydroxylation is 1. The minimum absolute atomic E-state index is 0.112. The summed E-state index contributed by atoms with van der Waals surface area (Å²) in [5.74, 6) is 0. The fraction of sp³-hybridized carbons (Fsp3) is 0.467. The Kier molecular flexibility index (Phi) is 3.58. The van der Waals surface area contributed by atoms with Gasteiger partial charge in [-0.15, -0.1) is 0 Å². The van der Waals surface area contributed by atoms with Gasteiger partial charge < -0.3 is 10.6 Å². The van der Waals surface area contributed by atoms with E-state index in [1.54, 1.807) is 0 Å². The van der Waals surface area contributed by atoms with Crippen molar-refractivity contribution in [2.24, 2.45) is 0 Å². The number of hydrogen-bond acceptors (Lipinski definition) is 2. The SMILES string of the molecule is CCn1ncc2ccc(NC(=O)NC3CCCC3)cc21. The predicted octanol–water partition coefficient (Wildman–Crippen LogP) is 3.12. The Hall–Kier alpha value is -2.04. The Labute approximate surface area is 118 Å². The number of nitrogens with zero attached hydrogens (tertiary/aromatic N) is 2. The van der Waals surface area contributed by atoms with Crippen LogP contribution < -0.4 is 10.6 Å². The molecule has 0 saturated heterocycles. The van der Waals surface area contributed by atoms with Gasteiger partial charge in [0.05, 0.1) is 11.7 Å². The number of aromatic nitrogens is 2. The first-order valence-corrected chi connectivity index (χ1v) is 7.29. The molecular formula is C15H20N4O. The monoisotopic (exact) mass is 272 g/mol. The molecule has 0 unspecified atom stereocenters. The van der Waals surface area contributed by atoms with Crippen LogP contribution in [0.1, 0.15) is 32.6 Å². The van der Waals surface area contributed by atoms with Crippen LogP contribution in [-0.4, -0.2) is 21.9 Å². The number of hydrogen-bond donors (Lipinski definition) is 2. The lowest BCUT2D eigenvalue weighted by Gasteiger charge is -2.13. The van der Waals surface area contributed by atoms with E-state index in [2.05, 4.69) is 22.7 Å². The zero-order valence-electron chi connectivity index (χ0n) is 11.7. The maximum atomic E-state index is 12.0. The fourth-order valence-electron chi connectivity index (χ4n) is 2.82. The van der Waals surface area contributed by atoms with Gasteiger partial charge in [0, 0.05) is 23.7 Å². The van der Waals surface area contributed by atoms with E-state index in [1.807, 2.05) is 29.1 Å². The molecule has 1 aromatic heterocycles. The molecule has 2 aromatic rings. The molecule has 20 heavy (non-hydrogen) atoms. The lowest BCUT2D eigenvalue weighted by atomic mass is 10.2. The van der Waals surface area contributed by atoms with Crippen molar-refractivity contribution in [1.29, 1.82) is 0 Å². The molecule has 0 radical (unpaired) electrons. The smallest absolute Gasteiger partial charge is 0.319 e. The molecule has 106 valence electrons. The second-order valence-corrected chi connectivity index (χ2v) is 5.31. The Balaban J connectivity index is 1.71. The third-order valence-electron chi connectivity index (χ3n) is 3.89. The van der Waals surface area contributed by atoms with Crippen molar-refractivity contribution in [3.8, 4) is 0 Å². The highest BCUT2D eigenvalue weighted by molar-refractivity contribution is 5.92. The summed E-state index contributed by atoms with van der Waals surface area (Å²) in [4.78, 5) is 12.0. The molecule has 0 atom stereocenters. The van der Waals surface area contributed by atoms with Gasteiger partial charge in [0.1, 0.15) is 0 Å². The van der Waals surface area contributed by atoms with Crippen molar-refractivity contribution in [2.45, 2.75) is 45.2 Å². The van der Waals surface area contributed by atoms with E-state index in [4.69, 9.17) is 0 Å². The van der Waals surface area contributed by atoms with Gasteiger partial charge in [0.2, 0.25) is 0 Å². The second kappa shape index (κ2) is 5.53. The predicted molar refractivity (Wildman–Crippen MR) is 79.8 cm³/mol. The minimum atomic E-state index is -0.112. The van der Waals surface area contributed by atoms with Crippen molar-refractivity contribution in [1.82, 2.24) is 15.1 Å². The van der Waals surface area contributed by atoms with E-state index in [1.165, 1.54) is 12.8 Å². The second-order valence-electron chi connectivity index (χ2n) is 5.31. The van der Waals surface area contributed by atoms with Crippen LogP contribution in [0.3, 0.4) is 0 Å². The number of nitrogens with one attached hydrogen (secondary N) is 2. The summed E-state index contributed by atoms with van der Waals surface area (Å²) in [6, 6.07) is 6.09. The molecule has 1 saturated carbocycles. The molecular weight excluding hydrogens is 252 g/mol. The lowest BCUT2D eigenvalue weighted by molar-refractivity contribution is 0.248. The summed E-state index contributed by atoms with van der Waals surface area (Å²) in [6.45, 7) is 2.88. The average Bonchev–Trinajstić information content (AvgIpc) is 3.07. The van der Waals surface area contributed by atoms with Crippen molar-refractivity contribution < 1.29 is 4.79 Å². The van der Waals surface area contributed by atoms with Gasteiger partial charge in [-0.1, -0.05) is 12.8 Å². The summed E-state index contributed by atoms with van der Waals surface area (Å²) in [7, 11) is 0. The van der Waals surface area contributed by atoms with Crippen LogP contribution in [0.15, 0.2) is 24.4 Å². The van der Waals surface area contributed by atoms with E-state index in [0.29, 0.717) is 6.04 Å². The number of carbonyl (C=O) groups is 1. The Morgan fingerprint density at radius 3 is 2.95 bits per heavy atom. The highest BCUT2D eigenvalue weighted by atomic mass is 16.2. The molecule has 1 aliphatic carbocycles. The summed E-state index contributed by atoms with van der Waals surface area (Å²) in [5, 5.41) is 11.3. The van der Waals surface area contributed by atoms with Gasteiger partial charge in [0.15, 0.2) is 0 Å². The number of benzene rings is 1. The van der Waals surface area contributed by atoms with Crippen LogP contribution in [0.25, 0.3) is 10.9 Å². The standard InChI is InChI=1S/C15H20N4O/c1-2-19-14-9-13(8-7-11(14)10-16-19)18-15(20)17-12-5-3-4-6-12/h7-10,12H,2-6H2,1H3,(H2,17,18,20). The minimum Gasteiger partial charge on any atom is -0.335 e. The molecule has 1 fully saturated rings. The summed E-state index contributed by atoms with van der Waals surface area (Å²) in [6.07, 6.45) is 6.46. The van der Waals surface area contributed by atoms with Gasteiger partial charge in [-0.3, -0.25) is 4.68 Å². The molecule has 0 spiro atoms. The van der Waals surface area contributed by atoms with Crippen LogP contribution in [0, 0.1) is 0 Å².